The molecule has 5 nitrogen and oxygen atoms in total. The fraction of sp³-hybridized carbons (Fsp3) is 0.300. The summed E-state index contributed by atoms with van der Waals surface area (Å²) in [6, 6.07) is 14.5. The van der Waals surface area contributed by atoms with Gasteiger partial charge in [-0.3, -0.25) is 9.59 Å². The van der Waals surface area contributed by atoms with Gasteiger partial charge < -0.3 is 15.0 Å². The molecule has 0 fully saturated rings. The maximum atomic E-state index is 12.0. The van der Waals surface area contributed by atoms with E-state index < -0.39 is 0 Å². The number of hydrogen-bond acceptors (Lipinski definition) is 3. The van der Waals surface area contributed by atoms with Crippen molar-refractivity contribution in [3.63, 3.8) is 0 Å². The summed E-state index contributed by atoms with van der Waals surface area (Å²) in [6.07, 6.45) is 0. The summed E-state index contributed by atoms with van der Waals surface area (Å²) in [6.45, 7) is 4.15. The smallest absolute Gasteiger partial charge is 0.262 e. The van der Waals surface area contributed by atoms with Crippen LogP contribution in [0.25, 0.3) is 0 Å². The quantitative estimate of drug-likeness (QED) is 0.875. The molecule has 2 aromatic carbocycles. The minimum Gasteiger partial charge on any atom is -0.484 e. The van der Waals surface area contributed by atoms with Gasteiger partial charge >= 0.3 is 0 Å². The van der Waals surface area contributed by atoms with Gasteiger partial charge in [-0.1, -0.05) is 26.0 Å². The van der Waals surface area contributed by atoms with E-state index in [9.17, 15) is 9.59 Å². The van der Waals surface area contributed by atoms with Crippen LogP contribution in [0.15, 0.2) is 48.5 Å². The van der Waals surface area contributed by atoms with Crippen molar-refractivity contribution in [2.45, 2.75) is 19.8 Å². The van der Waals surface area contributed by atoms with Crippen LogP contribution in [0.3, 0.4) is 0 Å². The van der Waals surface area contributed by atoms with Gasteiger partial charge in [0.05, 0.1) is 0 Å². The Hall–Kier alpha value is -2.82. The molecular formula is C20H24N2O3. The summed E-state index contributed by atoms with van der Waals surface area (Å²) >= 11 is 0. The molecule has 0 spiro atoms. The van der Waals surface area contributed by atoms with Crippen molar-refractivity contribution in [3.8, 4) is 5.75 Å². The number of ether oxygens (including phenoxy) is 1. The second kappa shape index (κ2) is 8.33. The van der Waals surface area contributed by atoms with E-state index in [2.05, 4.69) is 19.2 Å². The highest BCUT2D eigenvalue weighted by Gasteiger charge is 2.09. The topological polar surface area (TPSA) is 58.6 Å². The molecule has 0 heterocycles. The molecule has 0 aliphatic heterocycles. The number of carbonyl (C=O) groups is 2. The maximum Gasteiger partial charge on any atom is 0.262 e. The Balaban J connectivity index is 1.90. The molecular weight excluding hydrogens is 316 g/mol. The average molecular weight is 340 g/mol. The standard InChI is InChI=1S/C20H24N2O3/c1-14(2)16-6-5-7-18(12-16)25-13-19(23)21-17-10-8-15(9-11-17)20(24)22(3)4/h5-12,14H,13H2,1-4H3,(H,21,23). The Labute approximate surface area is 148 Å². The maximum absolute atomic E-state index is 12.0. The second-order valence-electron chi connectivity index (χ2n) is 6.34. The number of nitrogens with zero attached hydrogens (tertiary/aromatic N) is 1. The third kappa shape index (κ3) is 5.35. The fourth-order valence-electron chi connectivity index (χ4n) is 2.26. The molecule has 0 aliphatic carbocycles. The zero-order valence-corrected chi connectivity index (χ0v) is 15.1. The lowest BCUT2D eigenvalue weighted by atomic mass is 10.0. The highest BCUT2D eigenvalue weighted by molar-refractivity contribution is 5.95. The third-order valence-electron chi connectivity index (χ3n) is 3.72. The minimum atomic E-state index is -0.248. The number of hydrogen-bond donors (Lipinski definition) is 1. The van der Waals surface area contributed by atoms with Crippen LogP contribution in [-0.4, -0.2) is 37.4 Å². The Bertz CT molecular complexity index is 737. The number of amides is 2. The van der Waals surface area contributed by atoms with Crippen LogP contribution in [-0.2, 0) is 4.79 Å². The molecule has 1 N–H and O–H groups in total. The molecule has 0 aliphatic rings. The van der Waals surface area contributed by atoms with Crippen molar-refractivity contribution in [2.75, 3.05) is 26.0 Å². The molecule has 0 bridgehead atoms. The predicted octanol–water partition coefficient (Wildman–Crippen LogP) is 3.53. The normalized spacial score (nSPS) is 10.4. The van der Waals surface area contributed by atoms with Gasteiger partial charge in [0.25, 0.3) is 11.8 Å². The lowest BCUT2D eigenvalue weighted by Crippen LogP contribution is -2.22. The van der Waals surface area contributed by atoms with Crippen LogP contribution < -0.4 is 10.1 Å². The van der Waals surface area contributed by atoms with Crippen molar-refractivity contribution in [3.05, 3.63) is 59.7 Å². The molecule has 0 saturated heterocycles. The van der Waals surface area contributed by atoms with Crippen molar-refractivity contribution in [1.82, 2.24) is 4.90 Å². The molecule has 0 unspecified atom stereocenters. The van der Waals surface area contributed by atoms with Gasteiger partial charge in [0.2, 0.25) is 0 Å². The summed E-state index contributed by atoms with van der Waals surface area (Å²) in [7, 11) is 3.40. The summed E-state index contributed by atoms with van der Waals surface area (Å²) < 4.78 is 5.55. The van der Waals surface area contributed by atoms with Gasteiger partial charge in [-0.25, -0.2) is 0 Å². The van der Waals surface area contributed by atoms with Crippen molar-refractivity contribution in [1.29, 1.82) is 0 Å². The average Bonchev–Trinajstić information content (AvgIpc) is 2.60. The predicted molar refractivity (Wildman–Crippen MR) is 99.1 cm³/mol. The van der Waals surface area contributed by atoms with E-state index >= 15 is 0 Å². The largest absolute Gasteiger partial charge is 0.484 e. The zero-order chi connectivity index (χ0) is 18.4. The van der Waals surface area contributed by atoms with Gasteiger partial charge in [-0.05, 0) is 47.9 Å². The summed E-state index contributed by atoms with van der Waals surface area (Å²) in [4.78, 5) is 25.4. The van der Waals surface area contributed by atoms with Gasteiger partial charge in [0.1, 0.15) is 5.75 Å². The SMILES string of the molecule is CC(C)c1cccc(OCC(=O)Nc2ccc(C(=O)N(C)C)cc2)c1. The second-order valence-corrected chi connectivity index (χ2v) is 6.34. The van der Waals surface area contributed by atoms with Crippen LogP contribution in [0, 0.1) is 0 Å². The molecule has 0 atom stereocenters. The van der Waals surface area contributed by atoms with E-state index in [1.54, 1.807) is 38.4 Å². The number of nitrogens with one attached hydrogen (secondary N) is 1. The lowest BCUT2D eigenvalue weighted by molar-refractivity contribution is -0.118. The van der Waals surface area contributed by atoms with Crippen LogP contribution in [0.5, 0.6) is 5.75 Å². The molecule has 2 aromatic rings. The van der Waals surface area contributed by atoms with Crippen LogP contribution in [0.4, 0.5) is 5.69 Å². The lowest BCUT2D eigenvalue weighted by Gasteiger charge is -2.12. The Kier molecular flexibility index (Phi) is 6.17. The number of benzene rings is 2. The first-order valence-corrected chi connectivity index (χ1v) is 8.21. The number of rotatable bonds is 6. The monoisotopic (exact) mass is 340 g/mol. The highest BCUT2D eigenvalue weighted by atomic mass is 16.5. The Morgan fingerprint density at radius 1 is 1.08 bits per heavy atom. The molecule has 25 heavy (non-hydrogen) atoms. The van der Waals surface area contributed by atoms with Gasteiger partial charge in [-0.15, -0.1) is 0 Å². The summed E-state index contributed by atoms with van der Waals surface area (Å²) in [5, 5.41) is 2.76. The molecule has 0 saturated carbocycles. The first-order valence-electron chi connectivity index (χ1n) is 8.21. The fourth-order valence-corrected chi connectivity index (χ4v) is 2.26. The van der Waals surface area contributed by atoms with E-state index in [4.69, 9.17) is 4.74 Å². The van der Waals surface area contributed by atoms with Crippen molar-refractivity contribution >= 4 is 17.5 Å². The van der Waals surface area contributed by atoms with E-state index in [1.165, 1.54) is 10.5 Å². The van der Waals surface area contributed by atoms with E-state index in [-0.39, 0.29) is 18.4 Å². The van der Waals surface area contributed by atoms with Gasteiger partial charge in [0, 0.05) is 25.3 Å². The highest BCUT2D eigenvalue weighted by Crippen LogP contribution is 2.20. The Morgan fingerprint density at radius 3 is 2.36 bits per heavy atom. The van der Waals surface area contributed by atoms with E-state index in [1.807, 2.05) is 24.3 Å². The van der Waals surface area contributed by atoms with Gasteiger partial charge in [-0.2, -0.15) is 0 Å². The van der Waals surface area contributed by atoms with Crippen LogP contribution in [0.1, 0.15) is 35.7 Å². The molecule has 132 valence electrons. The van der Waals surface area contributed by atoms with Crippen LogP contribution in [0.2, 0.25) is 0 Å². The first kappa shape index (κ1) is 18.5. The van der Waals surface area contributed by atoms with E-state index in [0.717, 1.165) is 0 Å². The van der Waals surface area contributed by atoms with Crippen molar-refractivity contribution in [2.24, 2.45) is 0 Å². The Morgan fingerprint density at radius 2 is 1.76 bits per heavy atom. The zero-order valence-electron chi connectivity index (χ0n) is 15.1. The molecule has 5 heteroatoms. The number of carbonyl (C=O) groups excluding carboxylic acids is 2. The van der Waals surface area contributed by atoms with Crippen molar-refractivity contribution < 1.29 is 14.3 Å². The molecule has 0 aromatic heterocycles. The first-order chi connectivity index (χ1) is 11.9. The van der Waals surface area contributed by atoms with Crippen LogP contribution >= 0.6 is 0 Å². The minimum absolute atomic E-state index is 0.0695. The third-order valence-corrected chi connectivity index (χ3v) is 3.72. The number of anilines is 1. The molecule has 0 radical (unpaired) electrons. The van der Waals surface area contributed by atoms with E-state index in [0.29, 0.717) is 22.9 Å². The summed E-state index contributed by atoms with van der Waals surface area (Å²) in [5.74, 6) is 0.752. The summed E-state index contributed by atoms with van der Waals surface area (Å²) in [5.41, 5.74) is 2.36. The van der Waals surface area contributed by atoms with Gasteiger partial charge in [0.15, 0.2) is 6.61 Å². The molecule has 2 amide bonds. The molecule has 2 rings (SSSR count).